The summed E-state index contributed by atoms with van der Waals surface area (Å²) < 4.78 is 0. The van der Waals surface area contributed by atoms with Gasteiger partial charge in [-0.15, -0.1) is 6.42 Å². The Balaban J connectivity index is 2.81. The average molecular weight is 169 g/mol. The molecular formula is C8H5ClS. The second-order valence-electron chi connectivity index (χ2n) is 1.67. The molecule has 0 aliphatic rings. The number of terminal acetylenes is 1. The highest BCUT2D eigenvalue weighted by Crippen LogP contribution is 2.18. The van der Waals surface area contributed by atoms with Crippen molar-refractivity contribution < 1.29 is 0 Å². The van der Waals surface area contributed by atoms with Crippen molar-refractivity contribution in [2.24, 2.45) is 0 Å². The van der Waals surface area contributed by atoms with Crippen LogP contribution in [0.2, 0.25) is 5.02 Å². The van der Waals surface area contributed by atoms with Gasteiger partial charge in [0.25, 0.3) is 0 Å². The molecule has 0 unspecified atom stereocenters. The lowest BCUT2D eigenvalue weighted by Gasteiger charge is -1.91. The van der Waals surface area contributed by atoms with Crippen molar-refractivity contribution in [3.8, 4) is 11.7 Å². The summed E-state index contributed by atoms with van der Waals surface area (Å²) >= 11 is 7.00. The lowest BCUT2D eigenvalue weighted by molar-refractivity contribution is 1.47. The molecule has 0 aromatic heterocycles. The zero-order chi connectivity index (χ0) is 7.40. The van der Waals surface area contributed by atoms with E-state index in [9.17, 15) is 0 Å². The molecule has 0 N–H and O–H groups in total. The molecule has 0 amide bonds. The van der Waals surface area contributed by atoms with Crippen LogP contribution >= 0.6 is 23.4 Å². The van der Waals surface area contributed by atoms with Crippen LogP contribution < -0.4 is 0 Å². The SMILES string of the molecule is C#CSc1ccc(Cl)cc1. The maximum absolute atomic E-state index is 5.65. The summed E-state index contributed by atoms with van der Waals surface area (Å²) in [6.45, 7) is 0. The first-order valence-electron chi connectivity index (χ1n) is 2.71. The van der Waals surface area contributed by atoms with Crippen LogP contribution in [0.1, 0.15) is 0 Å². The molecule has 0 spiro atoms. The summed E-state index contributed by atoms with van der Waals surface area (Å²) in [7, 11) is 0. The Morgan fingerprint density at radius 2 is 1.90 bits per heavy atom. The first-order chi connectivity index (χ1) is 4.83. The van der Waals surface area contributed by atoms with Gasteiger partial charge >= 0.3 is 0 Å². The normalized spacial score (nSPS) is 8.80. The number of hydrogen-bond acceptors (Lipinski definition) is 1. The number of benzene rings is 1. The summed E-state index contributed by atoms with van der Waals surface area (Å²) in [6.07, 6.45) is 5.08. The number of hydrogen-bond donors (Lipinski definition) is 0. The first-order valence-corrected chi connectivity index (χ1v) is 3.90. The second kappa shape index (κ2) is 3.55. The first kappa shape index (κ1) is 7.53. The summed E-state index contributed by atoms with van der Waals surface area (Å²) in [5, 5.41) is 3.21. The van der Waals surface area contributed by atoms with Gasteiger partial charge < -0.3 is 0 Å². The van der Waals surface area contributed by atoms with Gasteiger partial charge in [0.05, 0.1) is 0 Å². The molecule has 1 rings (SSSR count). The molecule has 50 valence electrons. The zero-order valence-electron chi connectivity index (χ0n) is 5.17. The molecule has 0 bridgehead atoms. The molecule has 0 aliphatic carbocycles. The standard InChI is InChI=1S/C8H5ClS/c1-2-10-8-5-3-7(9)4-6-8/h1,3-6H. The van der Waals surface area contributed by atoms with E-state index in [-0.39, 0.29) is 0 Å². The predicted molar refractivity (Wildman–Crippen MR) is 46.1 cm³/mol. The molecule has 10 heavy (non-hydrogen) atoms. The molecule has 0 atom stereocenters. The minimum absolute atomic E-state index is 0.737. The molecule has 0 nitrogen and oxygen atoms in total. The van der Waals surface area contributed by atoms with Crippen LogP contribution in [0.3, 0.4) is 0 Å². The minimum atomic E-state index is 0.737. The van der Waals surface area contributed by atoms with Crippen molar-refractivity contribution in [1.29, 1.82) is 0 Å². The highest BCUT2D eigenvalue weighted by molar-refractivity contribution is 8.03. The average Bonchev–Trinajstić information content (AvgIpc) is 1.95. The summed E-state index contributed by atoms with van der Waals surface area (Å²) in [4.78, 5) is 1.05. The fourth-order valence-electron chi connectivity index (χ4n) is 0.571. The fraction of sp³-hybridized carbons (Fsp3) is 0. The maximum Gasteiger partial charge on any atom is 0.0406 e. The van der Waals surface area contributed by atoms with E-state index in [0.717, 1.165) is 9.92 Å². The quantitative estimate of drug-likeness (QED) is 0.459. The van der Waals surface area contributed by atoms with Gasteiger partial charge in [0.1, 0.15) is 0 Å². The minimum Gasteiger partial charge on any atom is -0.108 e. The Morgan fingerprint density at radius 3 is 2.40 bits per heavy atom. The zero-order valence-corrected chi connectivity index (χ0v) is 6.75. The number of thioether (sulfide) groups is 1. The number of rotatable bonds is 1. The monoisotopic (exact) mass is 168 g/mol. The molecule has 0 saturated heterocycles. The lowest BCUT2D eigenvalue weighted by Crippen LogP contribution is -1.66. The van der Waals surface area contributed by atoms with E-state index in [4.69, 9.17) is 18.0 Å². The predicted octanol–water partition coefficient (Wildman–Crippen LogP) is 3.02. The lowest BCUT2D eigenvalue weighted by atomic mass is 10.4. The molecule has 0 aliphatic heterocycles. The van der Waals surface area contributed by atoms with Crippen LogP contribution in [0.4, 0.5) is 0 Å². The molecule has 1 aromatic rings. The maximum atomic E-state index is 5.65. The van der Waals surface area contributed by atoms with Gasteiger partial charge in [-0.3, -0.25) is 0 Å². The molecule has 0 saturated carbocycles. The van der Waals surface area contributed by atoms with Gasteiger partial charge in [-0.05, 0) is 41.3 Å². The van der Waals surface area contributed by atoms with E-state index in [1.807, 2.05) is 24.3 Å². The fourth-order valence-corrected chi connectivity index (χ4v) is 1.10. The van der Waals surface area contributed by atoms with Crippen molar-refractivity contribution in [2.45, 2.75) is 4.90 Å². The smallest absolute Gasteiger partial charge is 0.0406 e. The highest BCUT2D eigenvalue weighted by Gasteiger charge is 1.88. The summed E-state index contributed by atoms with van der Waals surface area (Å²) in [5.41, 5.74) is 0. The van der Waals surface area contributed by atoms with Crippen molar-refractivity contribution in [1.82, 2.24) is 0 Å². The Labute approximate surface area is 69.6 Å². The van der Waals surface area contributed by atoms with Crippen LogP contribution in [-0.2, 0) is 0 Å². The Kier molecular flexibility index (Phi) is 2.68. The molecule has 0 heterocycles. The van der Waals surface area contributed by atoms with Gasteiger partial charge in [0.15, 0.2) is 0 Å². The van der Waals surface area contributed by atoms with E-state index < -0.39 is 0 Å². The molecule has 0 fully saturated rings. The van der Waals surface area contributed by atoms with Crippen LogP contribution in [0.5, 0.6) is 0 Å². The third kappa shape index (κ3) is 1.98. The molecule has 1 aromatic carbocycles. The largest absolute Gasteiger partial charge is 0.108 e. The number of halogens is 1. The summed E-state index contributed by atoms with van der Waals surface area (Å²) in [6, 6.07) is 7.43. The molecule has 2 heteroatoms. The van der Waals surface area contributed by atoms with E-state index in [2.05, 4.69) is 5.25 Å². The van der Waals surface area contributed by atoms with Crippen molar-refractivity contribution in [3.63, 3.8) is 0 Å². The van der Waals surface area contributed by atoms with Gasteiger partial charge in [0, 0.05) is 9.92 Å². The Hall–Kier alpha value is -0.580. The van der Waals surface area contributed by atoms with E-state index in [1.54, 1.807) is 0 Å². The van der Waals surface area contributed by atoms with Crippen LogP contribution in [0, 0.1) is 11.7 Å². The topological polar surface area (TPSA) is 0 Å². The van der Waals surface area contributed by atoms with E-state index in [1.165, 1.54) is 11.8 Å². The molecule has 0 radical (unpaired) electrons. The van der Waals surface area contributed by atoms with E-state index in [0.29, 0.717) is 0 Å². The Bertz CT molecular complexity index is 245. The highest BCUT2D eigenvalue weighted by atomic mass is 35.5. The van der Waals surface area contributed by atoms with Crippen molar-refractivity contribution in [3.05, 3.63) is 29.3 Å². The van der Waals surface area contributed by atoms with E-state index >= 15 is 0 Å². The van der Waals surface area contributed by atoms with Crippen LogP contribution in [0.15, 0.2) is 29.2 Å². The van der Waals surface area contributed by atoms with Crippen molar-refractivity contribution >= 4 is 23.4 Å². The van der Waals surface area contributed by atoms with Gasteiger partial charge in [-0.25, -0.2) is 0 Å². The van der Waals surface area contributed by atoms with Crippen LogP contribution in [-0.4, -0.2) is 0 Å². The van der Waals surface area contributed by atoms with Gasteiger partial charge in [-0.2, -0.15) is 0 Å². The Morgan fingerprint density at radius 1 is 1.30 bits per heavy atom. The molecular weight excluding hydrogens is 164 g/mol. The summed E-state index contributed by atoms with van der Waals surface area (Å²) in [5.74, 6) is 0. The van der Waals surface area contributed by atoms with Gasteiger partial charge in [-0.1, -0.05) is 11.6 Å². The van der Waals surface area contributed by atoms with Crippen molar-refractivity contribution in [2.75, 3.05) is 0 Å². The van der Waals surface area contributed by atoms with Crippen LogP contribution in [0.25, 0.3) is 0 Å². The third-order valence-electron chi connectivity index (χ3n) is 0.990. The van der Waals surface area contributed by atoms with Gasteiger partial charge in [0.2, 0.25) is 0 Å². The second-order valence-corrected chi connectivity index (χ2v) is 3.02. The third-order valence-corrected chi connectivity index (χ3v) is 1.87.